The largest absolute Gasteiger partial charge is 0.375 e. The van der Waals surface area contributed by atoms with E-state index in [1.807, 2.05) is 0 Å². The molecule has 0 heterocycles. The Morgan fingerprint density at radius 1 is 1.46 bits per heavy atom. The number of hydrogen-bond donors (Lipinski definition) is 1. The summed E-state index contributed by atoms with van der Waals surface area (Å²) in [5.41, 5.74) is 5.62. The van der Waals surface area contributed by atoms with Crippen molar-refractivity contribution in [3.05, 3.63) is 35.4 Å². The van der Waals surface area contributed by atoms with Crippen LogP contribution in [0, 0.1) is 11.6 Å². The third-order valence-electron chi connectivity index (χ3n) is 1.81. The van der Waals surface area contributed by atoms with Crippen molar-refractivity contribution < 1.29 is 13.5 Å². The van der Waals surface area contributed by atoms with E-state index in [-0.39, 0.29) is 12.1 Å². The van der Waals surface area contributed by atoms with Gasteiger partial charge in [-0.2, -0.15) is 0 Å². The fourth-order valence-electron chi connectivity index (χ4n) is 1.11. The van der Waals surface area contributed by atoms with Gasteiger partial charge in [0.05, 0.1) is 6.10 Å². The fraction of sp³-hybridized carbons (Fsp3) is 0.333. The van der Waals surface area contributed by atoms with Crippen LogP contribution in [0.4, 0.5) is 8.78 Å². The maximum Gasteiger partial charge on any atom is 0.131 e. The van der Waals surface area contributed by atoms with Gasteiger partial charge in [-0.15, -0.1) is 0 Å². The number of halogens is 2. The van der Waals surface area contributed by atoms with E-state index < -0.39 is 17.7 Å². The van der Waals surface area contributed by atoms with E-state index in [2.05, 4.69) is 0 Å². The van der Waals surface area contributed by atoms with Crippen molar-refractivity contribution in [3.63, 3.8) is 0 Å². The zero-order valence-electron chi connectivity index (χ0n) is 7.26. The van der Waals surface area contributed by atoms with Crippen molar-refractivity contribution in [2.24, 2.45) is 5.73 Å². The van der Waals surface area contributed by atoms with Crippen LogP contribution >= 0.6 is 0 Å². The van der Waals surface area contributed by atoms with Crippen LogP contribution in [0.2, 0.25) is 0 Å². The molecule has 4 heteroatoms. The predicted octanol–water partition coefficient (Wildman–Crippen LogP) is 1.61. The highest BCUT2D eigenvalue weighted by Gasteiger charge is 2.13. The first-order chi connectivity index (χ1) is 6.19. The number of ether oxygens (including phenoxy) is 1. The summed E-state index contributed by atoms with van der Waals surface area (Å²) in [6.07, 6.45) is -0.513. The van der Waals surface area contributed by atoms with Gasteiger partial charge in [-0.25, -0.2) is 8.78 Å². The van der Waals surface area contributed by atoms with Crippen LogP contribution < -0.4 is 5.73 Å². The van der Waals surface area contributed by atoms with Crippen LogP contribution in [-0.2, 0) is 4.74 Å². The third kappa shape index (κ3) is 2.23. The zero-order valence-corrected chi connectivity index (χ0v) is 7.26. The Morgan fingerprint density at radius 3 is 2.62 bits per heavy atom. The molecule has 2 nitrogen and oxygen atoms in total. The Kier molecular flexibility index (Phi) is 3.33. The van der Waals surface area contributed by atoms with E-state index in [9.17, 15) is 8.78 Å². The molecule has 0 amide bonds. The minimum absolute atomic E-state index is 0.166. The summed E-state index contributed by atoms with van der Waals surface area (Å²) in [4.78, 5) is 0. The molecule has 1 aromatic rings. The van der Waals surface area contributed by atoms with Crippen molar-refractivity contribution in [2.45, 2.75) is 6.10 Å². The lowest BCUT2D eigenvalue weighted by molar-refractivity contribution is 0.107. The summed E-state index contributed by atoms with van der Waals surface area (Å²) in [6, 6.07) is 3.34. The first-order valence-corrected chi connectivity index (χ1v) is 3.87. The number of nitrogens with two attached hydrogens (primary N) is 1. The SMILES string of the molecule is CO[C@H](CN)c1ccc(F)cc1F. The topological polar surface area (TPSA) is 35.2 Å². The molecule has 1 aromatic carbocycles. The molecule has 0 bridgehead atoms. The molecule has 13 heavy (non-hydrogen) atoms. The van der Waals surface area contributed by atoms with Gasteiger partial charge in [0.2, 0.25) is 0 Å². The van der Waals surface area contributed by atoms with E-state index in [1.165, 1.54) is 19.2 Å². The second kappa shape index (κ2) is 4.30. The van der Waals surface area contributed by atoms with E-state index in [4.69, 9.17) is 10.5 Å². The number of hydrogen-bond acceptors (Lipinski definition) is 2. The average Bonchev–Trinajstić information content (AvgIpc) is 2.10. The molecule has 0 saturated carbocycles. The van der Waals surface area contributed by atoms with Crippen molar-refractivity contribution in [1.29, 1.82) is 0 Å². The zero-order chi connectivity index (χ0) is 9.84. The van der Waals surface area contributed by atoms with Crippen LogP contribution in [0.1, 0.15) is 11.7 Å². The molecule has 0 aliphatic rings. The second-order valence-electron chi connectivity index (χ2n) is 2.63. The summed E-state index contributed by atoms with van der Waals surface area (Å²) < 4.78 is 30.5. The fourth-order valence-corrected chi connectivity index (χ4v) is 1.11. The van der Waals surface area contributed by atoms with E-state index in [1.54, 1.807) is 0 Å². The van der Waals surface area contributed by atoms with Crippen LogP contribution in [0.5, 0.6) is 0 Å². The molecule has 1 atom stereocenters. The van der Waals surface area contributed by atoms with Crippen molar-refractivity contribution in [2.75, 3.05) is 13.7 Å². The lowest BCUT2D eigenvalue weighted by Crippen LogP contribution is -2.15. The van der Waals surface area contributed by atoms with E-state index in [0.29, 0.717) is 0 Å². The summed E-state index contributed by atoms with van der Waals surface area (Å²) in [5.74, 6) is -1.23. The quantitative estimate of drug-likeness (QED) is 0.780. The van der Waals surface area contributed by atoms with E-state index in [0.717, 1.165) is 6.07 Å². The van der Waals surface area contributed by atoms with Gasteiger partial charge >= 0.3 is 0 Å². The van der Waals surface area contributed by atoms with Gasteiger partial charge in [0, 0.05) is 25.3 Å². The van der Waals surface area contributed by atoms with Gasteiger partial charge in [0.25, 0.3) is 0 Å². The van der Waals surface area contributed by atoms with Crippen molar-refractivity contribution >= 4 is 0 Å². The average molecular weight is 187 g/mol. The van der Waals surface area contributed by atoms with Gasteiger partial charge in [-0.1, -0.05) is 6.07 Å². The molecule has 0 aliphatic heterocycles. The van der Waals surface area contributed by atoms with Gasteiger partial charge in [-0.3, -0.25) is 0 Å². The van der Waals surface area contributed by atoms with Gasteiger partial charge < -0.3 is 10.5 Å². The minimum atomic E-state index is -0.627. The molecule has 2 N–H and O–H groups in total. The van der Waals surface area contributed by atoms with E-state index >= 15 is 0 Å². The molecule has 72 valence electrons. The highest BCUT2D eigenvalue weighted by atomic mass is 19.1. The highest BCUT2D eigenvalue weighted by molar-refractivity contribution is 5.21. The molecular weight excluding hydrogens is 176 g/mol. The van der Waals surface area contributed by atoms with Gasteiger partial charge in [-0.05, 0) is 6.07 Å². The Bertz CT molecular complexity index is 287. The van der Waals surface area contributed by atoms with Crippen LogP contribution in [0.3, 0.4) is 0 Å². The molecule has 0 aliphatic carbocycles. The molecule has 0 spiro atoms. The highest BCUT2D eigenvalue weighted by Crippen LogP contribution is 2.19. The monoisotopic (exact) mass is 187 g/mol. The molecule has 0 aromatic heterocycles. The number of rotatable bonds is 3. The molecule has 1 rings (SSSR count). The van der Waals surface area contributed by atoms with Gasteiger partial charge in [0.1, 0.15) is 11.6 Å². The lowest BCUT2D eigenvalue weighted by atomic mass is 10.1. The summed E-state index contributed by atoms with van der Waals surface area (Å²) in [6.45, 7) is 0.166. The minimum Gasteiger partial charge on any atom is -0.375 e. The molecular formula is C9H11F2NO. The van der Waals surface area contributed by atoms with Crippen molar-refractivity contribution in [1.82, 2.24) is 0 Å². The summed E-state index contributed by atoms with van der Waals surface area (Å²) >= 11 is 0. The van der Waals surface area contributed by atoms with Gasteiger partial charge in [0.15, 0.2) is 0 Å². The maximum absolute atomic E-state index is 13.1. The molecule has 0 unspecified atom stereocenters. The Morgan fingerprint density at radius 2 is 2.15 bits per heavy atom. The standard InChI is InChI=1S/C9H11F2NO/c1-13-9(5-12)7-3-2-6(10)4-8(7)11/h2-4,9H,5,12H2,1H3/t9-/m1/s1. The predicted molar refractivity (Wildman–Crippen MR) is 45.2 cm³/mol. The summed E-state index contributed by atoms with van der Waals surface area (Å²) in [5, 5.41) is 0. The van der Waals surface area contributed by atoms with Crippen LogP contribution in [0.25, 0.3) is 0 Å². The van der Waals surface area contributed by atoms with Crippen molar-refractivity contribution in [3.8, 4) is 0 Å². The molecule has 0 radical (unpaired) electrons. The van der Waals surface area contributed by atoms with Crippen LogP contribution in [-0.4, -0.2) is 13.7 Å². The Balaban J connectivity index is 2.99. The Hall–Kier alpha value is -1.00. The Labute approximate surface area is 75.3 Å². The number of benzene rings is 1. The first kappa shape index (κ1) is 10.1. The number of methoxy groups -OCH3 is 1. The molecule has 0 saturated heterocycles. The molecule has 0 fully saturated rings. The normalized spacial score (nSPS) is 12.9. The van der Waals surface area contributed by atoms with Crippen LogP contribution in [0.15, 0.2) is 18.2 Å². The maximum atomic E-state index is 13.1. The second-order valence-corrected chi connectivity index (χ2v) is 2.63. The smallest absolute Gasteiger partial charge is 0.131 e. The first-order valence-electron chi connectivity index (χ1n) is 3.87. The third-order valence-corrected chi connectivity index (χ3v) is 1.81. The summed E-state index contributed by atoms with van der Waals surface area (Å²) in [7, 11) is 1.43. The lowest BCUT2D eigenvalue weighted by Gasteiger charge is -2.13.